The van der Waals surface area contributed by atoms with E-state index in [0.717, 1.165) is 29.7 Å². The van der Waals surface area contributed by atoms with Gasteiger partial charge in [-0.1, -0.05) is 12.1 Å². The van der Waals surface area contributed by atoms with Crippen LogP contribution in [0.3, 0.4) is 0 Å². The van der Waals surface area contributed by atoms with Crippen LogP contribution in [-0.4, -0.2) is 42.9 Å². The van der Waals surface area contributed by atoms with E-state index < -0.39 is 6.61 Å². The van der Waals surface area contributed by atoms with Gasteiger partial charge in [-0.15, -0.1) is 24.0 Å². The van der Waals surface area contributed by atoms with Gasteiger partial charge in [-0.3, -0.25) is 4.99 Å². The van der Waals surface area contributed by atoms with Crippen LogP contribution < -0.4 is 24.8 Å². The van der Waals surface area contributed by atoms with Gasteiger partial charge in [0.25, 0.3) is 0 Å². The molecular weight excluding hydrogens is 535 g/mol. The highest BCUT2D eigenvalue weighted by molar-refractivity contribution is 14.0. The second-order valence-electron chi connectivity index (χ2n) is 6.85. The van der Waals surface area contributed by atoms with E-state index in [4.69, 9.17) is 9.47 Å². The number of guanidine groups is 1. The number of rotatable bonds is 8. The highest BCUT2D eigenvalue weighted by Crippen LogP contribution is 2.38. The molecule has 1 aromatic heterocycles. The molecule has 0 aliphatic carbocycles. The molecule has 0 amide bonds. The summed E-state index contributed by atoms with van der Waals surface area (Å²) in [7, 11) is 1.64. The first-order chi connectivity index (χ1) is 15.1. The maximum absolute atomic E-state index is 12.8. The molecule has 2 heterocycles. The Morgan fingerprint density at radius 2 is 2.00 bits per heavy atom. The smallest absolute Gasteiger partial charge is 0.387 e. The molecule has 0 saturated carbocycles. The molecule has 0 saturated heterocycles. The second-order valence-corrected chi connectivity index (χ2v) is 6.85. The molecule has 11 heteroatoms. The van der Waals surface area contributed by atoms with Gasteiger partial charge in [-0.05, 0) is 24.6 Å². The topological polar surface area (TPSA) is 92.8 Å². The van der Waals surface area contributed by atoms with E-state index in [-0.39, 0.29) is 43.1 Å². The largest absolute Gasteiger partial charge is 0.454 e. The summed E-state index contributed by atoms with van der Waals surface area (Å²) in [5.41, 5.74) is 2.48. The summed E-state index contributed by atoms with van der Waals surface area (Å²) >= 11 is 0. The molecule has 2 aromatic carbocycles. The molecule has 3 aromatic rings. The Balaban J connectivity index is 0.00000289. The standard InChI is InChI=1S/C21H23F2N5O3.HI/c1-24-21(25-8-4-7-19-27-14-5-2-3-6-15(14)28-19)26-11-13-9-17-18(30-12-29-17)10-16(13)31-20(22)23;/h2-3,5-6,9-10,20H,4,7-8,11-12H2,1H3,(H,27,28)(H2,24,25,26);1H. The van der Waals surface area contributed by atoms with E-state index in [1.54, 1.807) is 13.1 Å². The van der Waals surface area contributed by atoms with Crippen LogP contribution in [0.5, 0.6) is 17.2 Å². The molecule has 3 N–H and O–H groups in total. The van der Waals surface area contributed by atoms with Crippen molar-refractivity contribution in [2.75, 3.05) is 20.4 Å². The quantitative estimate of drug-likeness (QED) is 0.168. The fourth-order valence-corrected chi connectivity index (χ4v) is 3.30. The third-order valence-corrected chi connectivity index (χ3v) is 4.76. The van der Waals surface area contributed by atoms with E-state index >= 15 is 0 Å². The van der Waals surface area contributed by atoms with Gasteiger partial charge in [0.05, 0.1) is 11.0 Å². The average molecular weight is 559 g/mol. The maximum Gasteiger partial charge on any atom is 0.387 e. The summed E-state index contributed by atoms with van der Waals surface area (Å²) in [6.07, 6.45) is 1.62. The van der Waals surface area contributed by atoms with Crippen molar-refractivity contribution in [3.8, 4) is 17.2 Å². The number of nitrogens with one attached hydrogen (secondary N) is 3. The van der Waals surface area contributed by atoms with Crippen LogP contribution >= 0.6 is 24.0 Å². The minimum Gasteiger partial charge on any atom is -0.454 e. The Morgan fingerprint density at radius 3 is 2.75 bits per heavy atom. The Kier molecular flexibility index (Phi) is 8.31. The monoisotopic (exact) mass is 559 g/mol. The summed E-state index contributed by atoms with van der Waals surface area (Å²) in [5, 5.41) is 6.31. The molecule has 8 nitrogen and oxygen atoms in total. The highest BCUT2D eigenvalue weighted by atomic mass is 127. The molecule has 0 radical (unpaired) electrons. The summed E-state index contributed by atoms with van der Waals surface area (Å²) < 4.78 is 40.7. The van der Waals surface area contributed by atoms with E-state index in [2.05, 4.69) is 30.3 Å². The van der Waals surface area contributed by atoms with Gasteiger partial charge in [-0.2, -0.15) is 8.78 Å². The van der Waals surface area contributed by atoms with Crippen LogP contribution in [0.15, 0.2) is 41.4 Å². The number of para-hydroxylation sites is 2. The Morgan fingerprint density at radius 1 is 1.22 bits per heavy atom. The number of imidazole rings is 1. The molecular formula is C21H24F2IN5O3. The third kappa shape index (κ3) is 5.90. The minimum atomic E-state index is -2.94. The molecule has 0 bridgehead atoms. The lowest BCUT2D eigenvalue weighted by Crippen LogP contribution is -2.37. The Bertz CT molecular complexity index is 1040. The molecule has 0 unspecified atom stereocenters. The van der Waals surface area contributed by atoms with E-state index in [1.165, 1.54) is 6.07 Å². The van der Waals surface area contributed by atoms with Crippen molar-refractivity contribution in [1.29, 1.82) is 0 Å². The van der Waals surface area contributed by atoms with Gasteiger partial charge in [-0.25, -0.2) is 4.98 Å². The van der Waals surface area contributed by atoms with E-state index in [1.807, 2.05) is 24.3 Å². The number of hydrogen-bond donors (Lipinski definition) is 3. The molecule has 1 aliphatic rings. The molecule has 4 rings (SSSR count). The normalized spacial score (nSPS) is 12.7. The zero-order chi connectivity index (χ0) is 21.6. The Hall–Kier alpha value is -2.83. The SMILES string of the molecule is CN=C(NCCCc1nc2ccccc2[nH]1)NCc1cc2c(cc1OC(F)F)OCO2.I. The van der Waals surface area contributed by atoms with Crippen molar-refractivity contribution < 1.29 is 23.0 Å². The number of nitrogens with zero attached hydrogens (tertiary/aromatic N) is 2. The lowest BCUT2D eigenvalue weighted by atomic mass is 10.1. The predicted molar refractivity (Wildman–Crippen MR) is 127 cm³/mol. The zero-order valence-corrected chi connectivity index (χ0v) is 19.7. The Labute approximate surface area is 200 Å². The first-order valence-electron chi connectivity index (χ1n) is 9.88. The third-order valence-electron chi connectivity index (χ3n) is 4.76. The first-order valence-corrected chi connectivity index (χ1v) is 9.88. The number of aromatic nitrogens is 2. The number of alkyl halides is 2. The maximum atomic E-state index is 12.8. The zero-order valence-electron chi connectivity index (χ0n) is 17.4. The van der Waals surface area contributed by atoms with E-state index in [0.29, 0.717) is 29.6 Å². The fourth-order valence-electron chi connectivity index (χ4n) is 3.30. The lowest BCUT2D eigenvalue weighted by Gasteiger charge is -2.15. The highest BCUT2D eigenvalue weighted by Gasteiger charge is 2.20. The van der Waals surface area contributed by atoms with Gasteiger partial charge in [0.1, 0.15) is 11.6 Å². The predicted octanol–water partition coefficient (Wildman–Crippen LogP) is 3.81. The number of H-pyrrole nitrogens is 1. The number of ether oxygens (including phenoxy) is 3. The molecule has 0 spiro atoms. The van der Waals surface area contributed by atoms with Crippen LogP contribution in [-0.2, 0) is 13.0 Å². The van der Waals surface area contributed by atoms with E-state index in [9.17, 15) is 8.78 Å². The van der Waals surface area contributed by atoms with Crippen molar-refractivity contribution >= 4 is 41.0 Å². The van der Waals surface area contributed by atoms with Crippen LogP contribution in [0.25, 0.3) is 11.0 Å². The van der Waals surface area contributed by atoms with Crippen LogP contribution in [0.2, 0.25) is 0 Å². The molecule has 172 valence electrons. The summed E-state index contributed by atoms with van der Waals surface area (Å²) in [4.78, 5) is 12.0. The number of fused-ring (bicyclic) bond motifs is 2. The number of aliphatic imine (C=N–C) groups is 1. The van der Waals surface area contributed by atoms with Gasteiger partial charge < -0.3 is 29.8 Å². The fraction of sp³-hybridized carbons (Fsp3) is 0.333. The van der Waals surface area contributed by atoms with Gasteiger partial charge in [0.2, 0.25) is 6.79 Å². The second kappa shape index (κ2) is 11.2. The summed E-state index contributed by atoms with van der Waals surface area (Å²) in [6.45, 7) is -2.00. The van der Waals surface area contributed by atoms with Crippen molar-refractivity contribution in [3.05, 3.63) is 47.8 Å². The van der Waals surface area contributed by atoms with Crippen molar-refractivity contribution in [3.63, 3.8) is 0 Å². The number of aromatic amines is 1. The molecule has 0 atom stereocenters. The average Bonchev–Trinajstić information content (AvgIpc) is 3.38. The van der Waals surface area contributed by atoms with Crippen LogP contribution in [0.1, 0.15) is 17.8 Å². The van der Waals surface area contributed by atoms with Crippen LogP contribution in [0.4, 0.5) is 8.78 Å². The molecule has 1 aliphatic heterocycles. The van der Waals surface area contributed by atoms with Gasteiger partial charge in [0, 0.05) is 38.2 Å². The first kappa shape index (κ1) is 23.8. The van der Waals surface area contributed by atoms with Gasteiger partial charge >= 0.3 is 6.61 Å². The number of benzene rings is 2. The van der Waals surface area contributed by atoms with Crippen molar-refractivity contribution in [2.24, 2.45) is 4.99 Å². The van der Waals surface area contributed by atoms with Crippen molar-refractivity contribution in [2.45, 2.75) is 26.0 Å². The van der Waals surface area contributed by atoms with Crippen molar-refractivity contribution in [1.82, 2.24) is 20.6 Å². The lowest BCUT2D eigenvalue weighted by molar-refractivity contribution is -0.0505. The van der Waals surface area contributed by atoms with Gasteiger partial charge in [0.15, 0.2) is 17.5 Å². The molecule has 0 fully saturated rings. The minimum absolute atomic E-state index is 0. The van der Waals surface area contributed by atoms with Crippen LogP contribution in [0, 0.1) is 0 Å². The summed E-state index contributed by atoms with van der Waals surface area (Å²) in [5.74, 6) is 2.39. The number of halogens is 3. The molecule has 32 heavy (non-hydrogen) atoms. The number of hydrogen-bond acceptors (Lipinski definition) is 5. The summed E-state index contributed by atoms with van der Waals surface area (Å²) in [6, 6.07) is 10.9. The number of aryl methyl sites for hydroxylation is 1.